The lowest BCUT2D eigenvalue weighted by Crippen LogP contribution is -2.34. The van der Waals surface area contributed by atoms with Crippen molar-refractivity contribution >= 4 is 5.69 Å². The van der Waals surface area contributed by atoms with Gasteiger partial charge in [-0.25, -0.2) is 5.84 Å². The zero-order valence-corrected chi connectivity index (χ0v) is 9.36. The van der Waals surface area contributed by atoms with Crippen LogP contribution in [0.1, 0.15) is 19.8 Å². The van der Waals surface area contributed by atoms with Crippen LogP contribution in [0.3, 0.4) is 0 Å². The molecule has 15 heavy (non-hydrogen) atoms. The molecule has 0 radical (unpaired) electrons. The molecule has 0 heterocycles. The van der Waals surface area contributed by atoms with Gasteiger partial charge in [0.2, 0.25) is 0 Å². The monoisotopic (exact) mass is 208 g/mol. The summed E-state index contributed by atoms with van der Waals surface area (Å²) >= 11 is 0. The van der Waals surface area contributed by atoms with Gasteiger partial charge in [-0.1, -0.05) is 31.5 Å². The minimum Gasteiger partial charge on any atom is -0.380 e. The number of nitrogens with zero attached hydrogens (tertiary/aromatic N) is 1. The molecule has 0 saturated carbocycles. The summed E-state index contributed by atoms with van der Waals surface area (Å²) in [7, 11) is 0. The Hall–Kier alpha value is -1.06. The Morgan fingerprint density at radius 2 is 1.93 bits per heavy atom. The summed E-state index contributed by atoms with van der Waals surface area (Å²) in [5, 5.41) is 1.71. The minimum atomic E-state index is 0.686. The maximum absolute atomic E-state index is 5.86. The van der Waals surface area contributed by atoms with Crippen LogP contribution in [0.25, 0.3) is 0 Å². The Morgan fingerprint density at radius 1 is 1.20 bits per heavy atom. The SMILES string of the molecule is CCCCOCCN(N)c1ccccc1. The molecule has 2 N–H and O–H groups in total. The van der Waals surface area contributed by atoms with Gasteiger partial charge in [0, 0.05) is 6.61 Å². The van der Waals surface area contributed by atoms with Crippen molar-refractivity contribution in [3.8, 4) is 0 Å². The third-order valence-corrected chi connectivity index (χ3v) is 2.21. The molecule has 0 aliphatic carbocycles. The van der Waals surface area contributed by atoms with Crippen LogP contribution in [0.2, 0.25) is 0 Å². The summed E-state index contributed by atoms with van der Waals surface area (Å²) in [4.78, 5) is 0. The van der Waals surface area contributed by atoms with Gasteiger partial charge in [0.05, 0.1) is 18.8 Å². The zero-order valence-electron chi connectivity index (χ0n) is 9.36. The third-order valence-electron chi connectivity index (χ3n) is 2.21. The number of ether oxygens (including phenoxy) is 1. The number of nitrogens with two attached hydrogens (primary N) is 1. The smallest absolute Gasteiger partial charge is 0.0657 e. The molecule has 0 aliphatic rings. The summed E-state index contributed by atoms with van der Waals surface area (Å²) in [6.45, 7) is 4.40. The van der Waals surface area contributed by atoms with Gasteiger partial charge >= 0.3 is 0 Å². The first-order valence-corrected chi connectivity index (χ1v) is 5.49. The molecule has 1 aromatic rings. The topological polar surface area (TPSA) is 38.5 Å². The largest absolute Gasteiger partial charge is 0.380 e. The molecule has 3 nitrogen and oxygen atoms in total. The Balaban J connectivity index is 2.16. The van der Waals surface area contributed by atoms with Gasteiger partial charge < -0.3 is 9.75 Å². The third kappa shape index (κ3) is 4.81. The fraction of sp³-hybridized carbons (Fsp3) is 0.500. The highest BCUT2D eigenvalue weighted by molar-refractivity contribution is 5.43. The van der Waals surface area contributed by atoms with Crippen LogP contribution in [-0.4, -0.2) is 19.8 Å². The number of benzene rings is 1. The Morgan fingerprint density at radius 3 is 2.60 bits per heavy atom. The van der Waals surface area contributed by atoms with Crippen molar-refractivity contribution < 1.29 is 4.74 Å². The number of unbranched alkanes of at least 4 members (excludes halogenated alkanes) is 1. The van der Waals surface area contributed by atoms with E-state index in [-0.39, 0.29) is 0 Å². The van der Waals surface area contributed by atoms with E-state index in [0.29, 0.717) is 6.61 Å². The van der Waals surface area contributed by atoms with Gasteiger partial charge in [-0.2, -0.15) is 0 Å². The van der Waals surface area contributed by atoms with Crippen LogP contribution in [0.15, 0.2) is 30.3 Å². The second-order valence-electron chi connectivity index (χ2n) is 3.49. The van der Waals surface area contributed by atoms with E-state index in [2.05, 4.69) is 6.92 Å². The summed E-state index contributed by atoms with van der Waals surface area (Å²) in [6.07, 6.45) is 2.29. The molecule has 1 rings (SSSR count). The van der Waals surface area contributed by atoms with Crippen molar-refractivity contribution in [2.24, 2.45) is 5.84 Å². The van der Waals surface area contributed by atoms with Crippen molar-refractivity contribution in [2.45, 2.75) is 19.8 Å². The summed E-state index contributed by atoms with van der Waals surface area (Å²) in [6, 6.07) is 9.92. The summed E-state index contributed by atoms with van der Waals surface area (Å²) < 4.78 is 5.44. The minimum absolute atomic E-state index is 0.686. The first kappa shape index (κ1) is 12.0. The van der Waals surface area contributed by atoms with Crippen molar-refractivity contribution in [3.63, 3.8) is 0 Å². The fourth-order valence-corrected chi connectivity index (χ4v) is 1.26. The molecular weight excluding hydrogens is 188 g/mol. The van der Waals surface area contributed by atoms with Gasteiger partial charge in [0.15, 0.2) is 0 Å². The second kappa shape index (κ2) is 7.26. The number of rotatable bonds is 7. The quantitative estimate of drug-likeness (QED) is 0.424. The number of anilines is 1. The molecule has 0 aliphatic heterocycles. The Kier molecular flexibility index (Phi) is 5.81. The van der Waals surface area contributed by atoms with E-state index in [4.69, 9.17) is 10.6 Å². The first-order valence-electron chi connectivity index (χ1n) is 5.49. The maximum Gasteiger partial charge on any atom is 0.0657 e. The van der Waals surface area contributed by atoms with Crippen molar-refractivity contribution in [1.29, 1.82) is 0 Å². The van der Waals surface area contributed by atoms with Crippen LogP contribution >= 0.6 is 0 Å². The standard InChI is InChI=1S/C12H20N2O/c1-2-3-10-15-11-9-14(13)12-7-5-4-6-8-12/h4-8H,2-3,9-11,13H2,1H3. The van der Waals surface area contributed by atoms with Gasteiger partial charge in [0.1, 0.15) is 0 Å². The fourth-order valence-electron chi connectivity index (χ4n) is 1.26. The highest BCUT2D eigenvalue weighted by Crippen LogP contribution is 2.08. The summed E-state index contributed by atoms with van der Waals surface area (Å²) in [5.41, 5.74) is 1.02. The van der Waals surface area contributed by atoms with Crippen LogP contribution in [0, 0.1) is 0 Å². The highest BCUT2D eigenvalue weighted by Gasteiger charge is 1.99. The average molecular weight is 208 g/mol. The van der Waals surface area contributed by atoms with E-state index in [1.165, 1.54) is 6.42 Å². The molecule has 0 saturated heterocycles. The molecule has 0 unspecified atom stereocenters. The van der Waals surface area contributed by atoms with Crippen LogP contribution < -0.4 is 10.9 Å². The highest BCUT2D eigenvalue weighted by atomic mass is 16.5. The molecule has 0 fully saturated rings. The molecule has 1 aromatic carbocycles. The van der Waals surface area contributed by atoms with Gasteiger partial charge in [-0.05, 0) is 18.6 Å². The van der Waals surface area contributed by atoms with Gasteiger partial charge in [-0.3, -0.25) is 0 Å². The molecule has 0 bridgehead atoms. The zero-order chi connectivity index (χ0) is 10.9. The average Bonchev–Trinajstić information content (AvgIpc) is 2.30. The van der Waals surface area contributed by atoms with Crippen LogP contribution in [0.5, 0.6) is 0 Å². The lowest BCUT2D eigenvalue weighted by atomic mass is 10.3. The van der Waals surface area contributed by atoms with Crippen LogP contribution in [-0.2, 0) is 4.74 Å². The molecular formula is C12H20N2O. The Labute approximate surface area is 91.8 Å². The predicted molar refractivity (Wildman–Crippen MR) is 63.7 cm³/mol. The van der Waals surface area contributed by atoms with Crippen molar-refractivity contribution in [3.05, 3.63) is 30.3 Å². The van der Waals surface area contributed by atoms with Gasteiger partial charge in [-0.15, -0.1) is 0 Å². The number of hydrogen-bond acceptors (Lipinski definition) is 3. The van der Waals surface area contributed by atoms with E-state index in [1.807, 2.05) is 30.3 Å². The lowest BCUT2D eigenvalue weighted by molar-refractivity contribution is 0.137. The maximum atomic E-state index is 5.86. The summed E-state index contributed by atoms with van der Waals surface area (Å²) in [5.74, 6) is 5.86. The van der Waals surface area contributed by atoms with Crippen LogP contribution in [0.4, 0.5) is 5.69 Å². The van der Waals surface area contributed by atoms with E-state index in [0.717, 1.165) is 25.3 Å². The lowest BCUT2D eigenvalue weighted by Gasteiger charge is -2.18. The second-order valence-corrected chi connectivity index (χ2v) is 3.49. The van der Waals surface area contributed by atoms with Gasteiger partial charge in [0.25, 0.3) is 0 Å². The van der Waals surface area contributed by atoms with E-state index in [9.17, 15) is 0 Å². The molecule has 0 atom stereocenters. The molecule has 0 amide bonds. The normalized spacial score (nSPS) is 10.3. The molecule has 0 spiro atoms. The Bertz CT molecular complexity index is 251. The molecule has 3 heteroatoms. The molecule has 0 aromatic heterocycles. The number of para-hydroxylation sites is 1. The van der Waals surface area contributed by atoms with E-state index < -0.39 is 0 Å². The number of hydrazine groups is 1. The number of hydrogen-bond donors (Lipinski definition) is 1. The van der Waals surface area contributed by atoms with E-state index >= 15 is 0 Å². The predicted octanol–water partition coefficient (Wildman–Crippen LogP) is 2.18. The van der Waals surface area contributed by atoms with Crippen molar-refractivity contribution in [2.75, 3.05) is 24.8 Å². The first-order chi connectivity index (χ1) is 7.34. The van der Waals surface area contributed by atoms with E-state index in [1.54, 1.807) is 5.01 Å². The van der Waals surface area contributed by atoms with Crippen molar-refractivity contribution in [1.82, 2.24) is 0 Å². The molecule has 84 valence electrons.